The van der Waals surface area contributed by atoms with Gasteiger partial charge in [0.25, 0.3) is 11.8 Å². The van der Waals surface area contributed by atoms with Crippen LogP contribution in [0.1, 0.15) is 44.6 Å². The molecule has 2 bridgehead atoms. The minimum atomic E-state index is -0.718. The number of urea groups is 1. The van der Waals surface area contributed by atoms with E-state index in [1.807, 2.05) is 0 Å². The van der Waals surface area contributed by atoms with Crippen LogP contribution in [0.5, 0.6) is 11.5 Å². The molecule has 0 radical (unpaired) electrons. The minimum absolute atomic E-state index is 0.0993. The Hall–Kier alpha value is -3.16. The van der Waals surface area contributed by atoms with Crippen molar-refractivity contribution in [3.05, 3.63) is 29.3 Å². The van der Waals surface area contributed by atoms with E-state index in [1.165, 1.54) is 18.1 Å². The molecule has 2 saturated carbocycles. The molecule has 1 saturated heterocycles. The molecule has 0 spiro atoms. The number of methoxy groups -OCH3 is 1. The van der Waals surface area contributed by atoms with E-state index >= 15 is 0 Å². The number of ether oxygens (including phenoxy) is 2. The summed E-state index contributed by atoms with van der Waals surface area (Å²) in [5.41, 5.74) is 0.418. The van der Waals surface area contributed by atoms with Crippen LogP contribution in [0.2, 0.25) is 0 Å². The first-order valence-corrected chi connectivity index (χ1v) is 10.2. The highest BCUT2D eigenvalue weighted by Gasteiger charge is 2.49. The molecule has 3 atom stereocenters. The summed E-state index contributed by atoms with van der Waals surface area (Å²) in [5.74, 6) is -0.270. The van der Waals surface area contributed by atoms with Gasteiger partial charge in [-0.1, -0.05) is 19.4 Å². The second-order valence-electron chi connectivity index (χ2n) is 7.97. The number of imide groups is 2. The van der Waals surface area contributed by atoms with Crippen molar-refractivity contribution in [3.8, 4) is 11.5 Å². The maximum Gasteiger partial charge on any atom is 0.331 e. The van der Waals surface area contributed by atoms with Crippen molar-refractivity contribution < 1.29 is 28.7 Å². The van der Waals surface area contributed by atoms with Crippen molar-refractivity contribution in [1.82, 2.24) is 10.2 Å². The van der Waals surface area contributed by atoms with Crippen LogP contribution in [0.15, 0.2) is 23.8 Å². The first kappa shape index (κ1) is 20.1. The number of amides is 4. The number of esters is 1. The summed E-state index contributed by atoms with van der Waals surface area (Å²) >= 11 is 0. The van der Waals surface area contributed by atoms with Crippen molar-refractivity contribution >= 4 is 29.9 Å². The molecule has 8 heteroatoms. The third-order valence-corrected chi connectivity index (χ3v) is 6.18. The van der Waals surface area contributed by atoms with E-state index in [4.69, 9.17) is 9.47 Å². The molecule has 30 heavy (non-hydrogen) atoms. The van der Waals surface area contributed by atoms with Gasteiger partial charge in [-0.05, 0) is 54.9 Å². The summed E-state index contributed by atoms with van der Waals surface area (Å²) in [7, 11) is 1.43. The Morgan fingerprint density at radius 2 is 2.00 bits per heavy atom. The molecule has 1 aliphatic heterocycles. The molecule has 1 aromatic carbocycles. The average molecular weight is 412 g/mol. The second-order valence-corrected chi connectivity index (χ2v) is 7.97. The van der Waals surface area contributed by atoms with Crippen molar-refractivity contribution in [3.63, 3.8) is 0 Å². The third-order valence-electron chi connectivity index (χ3n) is 6.18. The van der Waals surface area contributed by atoms with Crippen molar-refractivity contribution in [2.45, 2.75) is 45.1 Å². The molecule has 3 fully saturated rings. The maximum absolute atomic E-state index is 13.1. The van der Waals surface area contributed by atoms with E-state index in [9.17, 15) is 19.2 Å². The Morgan fingerprint density at radius 3 is 2.63 bits per heavy atom. The first-order valence-electron chi connectivity index (χ1n) is 10.2. The third kappa shape index (κ3) is 3.58. The monoisotopic (exact) mass is 412 g/mol. The van der Waals surface area contributed by atoms with E-state index < -0.39 is 23.8 Å². The summed E-state index contributed by atoms with van der Waals surface area (Å²) in [5, 5.41) is 2.30. The Morgan fingerprint density at radius 1 is 1.20 bits per heavy atom. The molecular weight excluding hydrogens is 388 g/mol. The quantitative estimate of drug-likeness (QED) is 0.345. The molecule has 1 aromatic rings. The van der Waals surface area contributed by atoms with E-state index in [1.54, 1.807) is 25.1 Å². The molecule has 8 nitrogen and oxygen atoms in total. The molecule has 158 valence electrons. The van der Waals surface area contributed by atoms with Gasteiger partial charge in [-0.2, -0.15) is 0 Å². The summed E-state index contributed by atoms with van der Waals surface area (Å²) in [6.45, 7) is 1.68. The number of carbonyl (C=O) groups is 4. The normalized spacial score (nSPS) is 26.9. The number of carbonyl (C=O) groups excluding carboxylic acids is 4. The topological polar surface area (TPSA) is 102 Å². The zero-order chi connectivity index (χ0) is 21.4. The molecule has 3 aliphatic rings. The van der Waals surface area contributed by atoms with Crippen LogP contribution < -0.4 is 14.8 Å². The lowest BCUT2D eigenvalue weighted by Gasteiger charge is -2.35. The van der Waals surface area contributed by atoms with Gasteiger partial charge in [-0.25, -0.2) is 4.79 Å². The molecule has 1 heterocycles. The fourth-order valence-electron chi connectivity index (χ4n) is 4.72. The summed E-state index contributed by atoms with van der Waals surface area (Å²) in [6.07, 6.45) is 5.63. The van der Waals surface area contributed by atoms with Crippen molar-refractivity contribution in [2.75, 3.05) is 7.11 Å². The fraction of sp³-hybridized carbons (Fsp3) is 0.455. The number of nitrogens with zero attached hydrogens (tertiary/aromatic N) is 1. The van der Waals surface area contributed by atoms with Gasteiger partial charge in [-0.15, -0.1) is 0 Å². The van der Waals surface area contributed by atoms with Crippen molar-refractivity contribution in [1.29, 1.82) is 0 Å². The standard InChI is InChI=1S/C22H24N2O6/c1-3-19(25)30-17-7-5-13(11-18(17)29-2)9-15-20(26)23-22(28)24(21(15)27)16-10-12-4-6-14(16)8-12/h5,7,9,11-12,14,16H,3-4,6,8,10H2,1-2H3,(H,23,26,28)/b15-9-/t12-,14-,16-/m0/s1. The number of nitrogens with one attached hydrogen (secondary N) is 1. The van der Waals surface area contributed by atoms with E-state index in [-0.39, 0.29) is 23.8 Å². The highest BCUT2D eigenvalue weighted by atomic mass is 16.6. The number of barbiturate groups is 1. The highest BCUT2D eigenvalue weighted by molar-refractivity contribution is 6.31. The fourth-order valence-corrected chi connectivity index (χ4v) is 4.72. The lowest BCUT2D eigenvalue weighted by Crippen LogP contribution is -2.58. The van der Waals surface area contributed by atoms with Crippen LogP contribution >= 0.6 is 0 Å². The SMILES string of the molecule is CCC(=O)Oc1ccc(/C=C2/C(=O)NC(=O)N([C@H]3C[C@H]4CC[C@H]3C4)C2=O)cc1OC. The zero-order valence-electron chi connectivity index (χ0n) is 17.0. The summed E-state index contributed by atoms with van der Waals surface area (Å²) in [6, 6.07) is 3.94. The summed E-state index contributed by atoms with van der Waals surface area (Å²) < 4.78 is 10.5. The van der Waals surface area contributed by atoms with Crippen LogP contribution in [0.4, 0.5) is 4.79 Å². The van der Waals surface area contributed by atoms with Gasteiger partial charge < -0.3 is 9.47 Å². The highest BCUT2D eigenvalue weighted by Crippen LogP contribution is 2.47. The van der Waals surface area contributed by atoms with Crippen LogP contribution in [-0.2, 0) is 14.4 Å². The van der Waals surface area contributed by atoms with E-state index in [0.29, 0.717) is 23.1 Å². The number of rotatable bonds is 5. The predicted octanol–water partition coefficient (Wildman–Crippen LogP) is 2.66. The van der Waals surface area contributed by atoms with Gasteiger partial charge in [0.1, 0.15) is 5.57 Å². The van der Waals surface area contributed by atoms with Crippen LogP contribution in [0.3, 0.4) is 0 Å². The van der Waals surface area contributed by atoms with Crippen molar-refractivity contribution in [2.24, 2.45) is 11.8 Å². The van der Waals surface area contributed by atoms with E-state index in [2.05, 4.69) is 5.32 Å². The van der Waals surface area contributed by atoms with Gasteiger partial charge in [-0.3, -0.25) is 24.6 Å². The Balaban J connectivity index is 1.61. The summed E-state index contributed by atoms with van der Waals surface area (Å²) in [4.78, 5) is 50.7. The lowest BCUT2D eigenvalue weighted by molar-refractivity contribution is -0.134. The maximum atomic E-state index is 13.1. The number of benzene rings is 1. The number of fused-ring (bicyclic) bond motifs is 2. The first-order chi connectivity index (χ1) is 14.4. The van der Waals surface area contributed by atoms with Gasteiger partial charge in [0, 0.05) is 12.5 Å². The van der Waals surface area contributed by atoms with E-state index in [0.717, 1.165) is 25.7 Å². The molecular formula is C22H24N2O6. The Labute approximate surface area is 174 Å². The molecule has 4 rings (SSSR count). The van der Waals surface area contributed by atoms with Gasteiger partial charge in [0.15, 0.2) is 11.5 Å². The number of hydrogen-bond donors (Lipinski definition) is 1. The van der Waals surface area contributed by atoms with Crippen LogP contribution in [0, 0.1) is 11.8 Å². The van der Waals surface area contributed by atoms with Gasteiger partial charge in [0.2, 0.25) is 0 Å². The lowest BCUT2D eigenvalue weighted by atomic mass is 9.93. The zero-order valence-corrected chi connectivity index (χ0v) is 17.0. The Kier molecular flexibility index (Phi) is 5.32. The Bertz CT molecular complexity index is 953. The van der Waals surface area contributed by atoms with Crippen LogP contribution in [0.25, 0.3) is 6.08 Å². The molecule has 1 N–H and O–H groups in total. The van der Waals surface area contributed by atoms with Gasteiger partial charge >= 0.3 is 12.0 Å². The minimum Gasteiger partial charge on any atom is -0.493 e. The largest absolute Gasteiger partial charge is 0.493 e. The smallest absolute Gasteiger partial charge is 0.331 e. The average Bonchev–Trinajstić information content (AvgIpc) is 3.35. The number of hydrogen-bond acceptors (Lipinski definition) is 6. The second kappa shape index (κ2) is 7.93. The molecule has 2 aliphatic carbocycles. The molecule has 0 unspecified atom stereocenters. The predicted molar refractivity (Wildman–Crippen MR) is 107 cm³/mol. The molecule has 0 aromatic heterocycles. The molecule has 4 amide bonds. The van der Waals surface area contributed by atoms with Crippen LogP contribution in [-0.4, -0.2) is 41.9 Å². The van der Waals surface area contributed by atoms with Gasteiger partial charge in [0.05, 0.1) is 7.11 Å².